The predicted octanol–water partition coefficient (Wildman–Crippen LogP) is 3.33. The lowest BCUT2D eigenvalue weighted by Gasteiger charge is -2.37. The maximum absolute atomic E-state index is 9.52. The van der Waals surface area contributed by atoms with Gasteiger partial charge in [-0.3, -0.25) is 4.90 Å². The van der Waals surface area contributed by atoms with Gasteiger partial charge in [0.15, 0.2) is 0 Å². The number of aromatic hydroxyl groups is 1. The summed E-state index contributed by atoms with van der Waals surface area (Å²) in [6.07, 6.45) is 2.53. The molecule has 0 aliphatic carbocycles. The summed E-state index contributed by atoms with van der Waals surface area (Å²) in [6, 6.07) is 8.00. The summed E-state index contributed by atoms with van der Waals surface area (Å²) in [6.45, 7) is 7.99. The first-order valence-electron chi connectivity index (χ1n) is 6.06. The highest BCUT2D eigenvalue weighted by Gasteiger charge is 2.35. The van der Waals surface area contributed by atoms with E-state index in [4.69, 9.17) is 0 Å². The third-order valence-electron chi connectivity index (χ3n) is 3.79. The van der Waals surface area contributed by atoms with E-state index in [2.05, 4.69) is 31.7 Å². The van der Waals surface area contributed by atoms with Gasteiger partial charge < -0.3 is 5.11 Å². The van der Waals surface area contributed by atoms with Crippen LogP contribution in [-0.2, 0) is 0 Å². The minimum Gasteiger partial charge on any atom is -0.508 e. The summed E-state index contributed by atoms with van der Waals surface area (Å²) in [4.78, 5) is 2.53. The van der Waals surface area contributed by atoms with Gasteiger partial charge in [-0.1, -0.05) is 12.1 Å². The van der Waals surface area contributed by atoms with E-state index in [1.165, 1.54) is 18.4 Å². The van der Waals surface area contributed by atoms with Crippen LogP contribution in [0.3, 0.4) is 0 Å². The molecule has 16 heavy (non-hydrogen) atoms. The van der Waals surface area contributed by atoms with Crippen LogP contribution in [0.15, 0.2) is 24.3 Å². The molecular formula is C14H21NO. The monoisotopic (exact) mass is 219 g/mol. The SMILES string of the molecule is CC(c1cccc(O)c1)N1CCCC1(C)C. The largest absolute Gasteiger partial charge is 0.508 e. The van der Waals surface area contributed by atoms with Crippen molar-refractivity contribution in [1.82, 2.24) is 4.90 Å². The van der Waals surface area contributed by atoms with Crippen molar-refractivity contribution in [2.45, 2.75) is 45.2 Å². The van der Waals surface area contributed by atoms with E-state index in [0.29, 0.717) is 11.8 Å². The van der Waals surface area contributed by atoms with Gasteiger partial charge in [-0.15, -0.1) is 0 Å². The number of benzene rings is 1. The molecule has 1 aliphatic rings. The third kappa shape index (κ3) is 2.07. The van der Waals surface area contributed by atoms with E-state index in [1.807, 2.05) is 12.1 Å². The van der Waals surface area contributed by atoms with Crippen LogP contribution in [-0.4, -0.2) is 22.1 Å². The zero-order valence-electron chi connectivity index (χ0n) is 10.4. The van der Waals surface area contributed by atoms with Crippen molar-refractivity contribution < 1.29 is 5.11 Å². The molecule has 0 amide bonds. The fourth-order valence-electron chi connectivity index (χ4n) is 2.81. The summed E-state index contributed by atoms with van der Waals surface area (Å²) in [5, 5.41) is 9.52. The minimum atomic E-state index is 0.283. The molecule has 2 heteroatoms. The minimum absolute atomic E-state index is 0.283. The van der Waals surface area contributed by atoms with Crippen LogP contribution in [0.25, 0.3) is 0 Å². The maximum atomic E-state index is 9.52. The molecule has 1 heterocycles. The molecule has 0 spiro atoms. The summed E-state index contributed by atoms with van der Waals surface area (Å²) < 4.78 is 0. The van der Waals surface area contributed by atoms with Crippen LogP contribution in [0.1, 0.15) is 45.2 Å². The first kappa shape index (κ1) is 11.5. The lowest BCUT2D eigenvalue weighted by Crippen LogP contribution is -2.39. The van der Waals surface area contributed by atoms with Gasteiger partial charge in [0.25, 0.3) is 0 Å². The molecule has 88 valence electrons. The highest BCUT2D eigenvalue weighted by molar-refractivity contribution is 5.29. The van der Waals surface area contributed by atoms with E-state index < -0.39 is 0 Å². The van der Waals surface area contributed by atoms with Crippen molar-refractivity contribution in [3.8, 4) is 5.75 Å². The average Bonchev–Trinajstić information content (AvgIpc) is 2.57. The van der Waals surface area contributed by atoms with Crippen LogP contribution in [0.2, 0.25) is 0 Å². The summed E-state index contributed by atoms with van der Waals surface area (Å²) in [5.41, 5.74) is 1.49. The second-order valence-electron chi connectivity index (χ2n) is 5.38. The Balaban J connectivity index is 2.22. The van der Waals surface area contributed by atoms with Crippen molar-refractivity contribution in [2.75, 3.05) is 6.54 Å². The number of likely N-dealkylation sites (tertiary alicyclic amines) is 1. The fourth-order valence-corrected chi connectivity index (χ4v) is 2.81. The smallest absolute Gasteiger partial charge is 0.115 e. The van der Waals surface area contributed by atoms with Crippen molar-refractivity contribution >= 4 is 0 Å². The Kier molecular flexibility index (Phi) is 2.94. The molecule has 1 atom stereocenters. The molecule has 0 saturated carbocycles. The van der Waals surface area contributed by atoms with E-state index in [-0.39, 0.29) is 5.54 Å². The van der Waals surface area contributed by atoms with E-state index in [1.54, 1.807) is 6.07 Å². The quantitative estimate of drug-likeness (QED) is 0.824. The van der Waals surface area contributed by atoms with Crippen LogP contribution in [0.4, 0.5) is 0 Å². The number of phenolic OH excluding ortho intramolecular Hbond substituents is 1. The molecule has 1 aliphatic heterocycles. The maximum Gasteiger partial charge on any atom is 0.115 e. The molecule has 2 rings (SSSR count). The second-order valence-corrected chi connectivity index (χ2v) is 5.38. The molecule has 0 aromatic heterocycles. The number of hydrogen-bond acceptors (Lipinski definition) is 2. The van der Waals surface area contributed by atoms with Crippen LogP contribution >= 0.6 is 0 Å². The summed E-state index contributed by atoms with van der Waals surface area (Å²) >= 11 is 0. The van der Waals surface area contributed by atoms with Gasteiger partial charge in [-0.2, -0.15) is 0 Å². The molecule has 1 aromatic rings. The third-order valence-corrected chi connectivity index (χ3v) is 3.79. The van der Waals surface area contributed by atoms with Gasteiger partial charge in [0.1, 0.15) is 5.75 Å². The van der Waals surface area contributed by atoms with E-state index in [0.717, 1.165) is 6.54 Å². The predicted molar refractivity (Wildman–Crippen MR) is 66.5 cm³/mol. The van der Waals surface area contributed by atoms with Crippen LogP contribution in [0, 0.1) is 0 Å². The van der Waals surface area contributed by atoms with Gasteiger partial charge in [-0.05, 0) is 57.9 Å². The topological polar surface area (TPSA) is 23.5 Å². The summed E-state index contributed by atoms with van der Waals surface area (Å²) in [7, 11) is 0. The van der Waals surface area contributed by atoms with Crippen molar-refractivity contribution in [3.05, 3.63) is 29.8 Å². The zero-order chi connectivity index (χ0) is 11.8. The average molecular weight is 219 g/mol. The van der Waals surface area contributed by atoms with Gasteiger partial charge in [-0.25, -0.2) is 0 Å². The number of hydrogen-bond donors (Lipinski definition) is 1. The molecule has 1 saturated heterocycles. The normalized spacial score (nSPS) is 22.2. The standard InChI is InChI=1S/C14H21NO/c1-11(12-6-4-7-13(16)10-12)15-9-5-8-14(15,2)3/h4,6-7,10-11,16H,5,8-9H2,1-3H3. The first-order valence-corrected chi connectivity index (χ1v) is 6.06. The Bertz CT molecular complexity index is 373. The van der Waals surface area contributed by atoms with Crippen LogP contribution < -0.4 is 0 Å². The number of nitrogens with zero attached hydrogens (tertiary/aromatic N) is 1. The molecule has 0 radical (unpaired) electrons. The molecule has 1 N–H and O–H groups in total. The number of phenols is 1. The van der Waals surface area contributed by atoms with Gasteiger partial charge >= 0.3 is 0 Å². The van der Waals surface area contributed by atoms with Gasteiger partial charge in [0.2, 0.25) is 0 Å². The molecule has 2 nitrogen and oxygen atoms in total. The zero-order valence-corrected chi connectivity index (χ0v) is 10.4. The molecular weight excluding hydrogens is 198 g/mol. The Hall–Kier alpha value is -1.02. The highest BCUT2D eigenvalue weighted by atomic mass is 16.3. The Morgan fingerprint density at radius 2 is 2.12 bits per heavy atom. The lowest BCUT2D eigenvalue weighted by atomic mass is 9.98. The summed E-state index contributed by atoms with van der Waals surface area (Å²) in [5.74, 6) is 0.362. The van der Waals surface area contributed by atoms with E-state index in [9.17, 15) is 5.11 Å². The van der Waals surface area contributed by atoms with Gasteiger partial charge in [0.05, 0.1) is 0 Å². The fraction of sp³-hybridized carbons (Fsp3) is 0.571. The first-order chi connectivity index (χ1) is 7.50. The van der Waals surface area contributed by atoms with Crippen molar-refractivity contribution in [3.63, 3.8) is 0 Å². The highest BCUT2D eigenvalue weighted by Crippen LogP contribution is 2.36. The van der Waals surface area contributed by atoms with Crippen molar-refractivity contribution in [2.24, 2.45) is 0 Å². The Morgan fingerprint density at radius 3 is 2.69 bits per heavy atom. The number of rotatable bonds is 2. The van der Waals surface area contributed by atoms with Gasteiger partial charge in [0, 0.05) is 11.6 Å². The lowest BCUT2D eigenvalue weighted by molar-refractivity contribution is 0.125. The second kappa shape index (κ2) is 4.10. The molecule has 1 fully saturated rings. The molecule has 1 unspecified atom stereocenters. The van der Waals surface area contributed by atoms with E-state index >= 15 is 0 Å². The Morgan fingerprint density at radius 1 is 1.38 bits per heavy atom. The van der Waals surface area contributed by atoms with Crippen LogP contribution in [0.5, 0.6) is 5.75 Å². The Labute approximate surface area is 97.9 Å². The molecule has 0 bridgehead atoms. The molecule has 1 aromatic carbocycles. The van der Waals surface area contributed by atoms with Crippen molar-refractivity contribution in [1.29, 1.82) is 0 Å².